The monoisotopic (exact) mass is 404 g/mol. The summed E-state index contributed by atoms with van der Waals surface area (Å²) >= 11 is 0. The van der Waals surface area contributed by atoms with Gasteiger partial charge in [-0.1, -0.05) is 30.3 Å². The summed E-state index contributed by atoms with van der Waals surface area (Å²) in [4.78, 5) is 28.6. The molecular weight excluding hydrogens is 383 g/mol. The molecule has 0 aliphatic carbocycles. The van der Waals surface area contributed by atoms with Gasteiger partial charge in [0.2, 0.25) is 5.91 Å². The van der Waals surface area contributed by atoms with Gasteiger partial charge in [0.05, 0.1) is 17.8 Å². The molecule has 3 heterocycles. The van der Waals surface area contributed by atoms with Crippen LogP contribution in [0, 0.1) is 12.7 Å². The highest BCUT2D eigenvalue weighted by Crippen LogP contribution is 2.55. The third-order valence-electron chi connectivity index (χ3n) is 6.50. The van der Waals surface area contributed by atoms with E-state index in [0.717, 1.165) is 22.5 Å². The van der Waals surface area contributed by atoms with Crippen LogP contribution < -0.4 is 5.32 Å². The molecule has 1 aromatic heterocycles. The van der Waals surface area contributed by atoms with E-state index in [1.807, 2.05) is 31.2 Å². The molecule has 0 saturated carbocycles. The molecule has 6 nitrogen and oxygen atoms in total. The molecule has 2 aliphatic heterocycles. The number of hydrogen-bond donors (Lipinski definition) is 1. The van der Waals surface area contributed by atoms with E-state index in [0.29, 0.717) is 18.5 Å². The van der Waals surface area contributed by atoms with Crippen LogP contribution in [0.25, 0.3) is 0 Å². The number of nitrogens with zero attached hydrogens (tertiary/aromatic N) is 3. The van der Waals surface area contributed by atoms with Gasteiger partial charge in [-0.15, -0.1) is 0 Å². The molecule has 5 rings (SSSR count). The van der Waals surface area contributed by atoms with Crippen molar-refractivity contribution in [3.8, 4) is 0 Å². The molecule has 1 spiro atoms. The number of para-hydroxylation sites is 1. The van der Waals surface area contributed by atoms with E-state index in [1.165, 1.54) is 12.1 Å². The summed E-state index contributed by atoms with van der Waals surface area (Å²) < 4.78 is 15.3. The summed E-state index contributed by atoms with van der Waals surface area (Å²) in [5.74, 6) is -0.664. The van der Waals surface area contributed by atoms with Crippen molar-refractivity contribution < 1.29 is 14.0 Å². The lowest BCUT2D eigenvalue weighted by Crippen LogP contribution is -2.42. The minimum atomic E-state index is -0.916. The molecule has 3 aromatic rings. The summed E-state index contributed by atoms with van der Waals surface area (Å²) in [6.07, 6.45) is 2.05. The highest BCUT2D eigenvalue weighted by atomic mass is 19.1. The van der Waals surface area contributed by atoms with Gasteiger partial charge in [0.15, 0.2) is 0 Å². The molecule has 1 saturated heterocycles. The van der Waals surface area contributed by atoms with Crippen LogP contribution in [0.15, 0.2) is 54.7 Å². The summed E-state index contributed by atoms with van der Waals surface area (Å²) in [6, 6.07) is 13.1. The Balaban J connectivity index is 1.68. The number of carbonyl (C=O) groups is 2. The number of likely N-dealkylation sites (tertiary alicyclic amines) is 1. The normalized spacial score (nSPS) is 22.4. The molecule has 2 aromatic carbocycles. The van der Waals surface area contributed by atoms with Gasteiger partial charge < -0.3 is 10.2 Å². The molecule has 2 amide bonds. The van der Waals surface area contributed by atoms with Gasteiger partial charge in [0.25, 0.3) is 5.91 Å². The second kappa shape index (κ2) is 6.52. The predicted molar refractivity (Wildman–Crippen MR) is 109 cm³/mol. The van der Waals surface area contributed by atoms with Crippen LogP contribution in [0.1, 0.15) is 39.6 Å². The Kier molecular flexibility index (Phi) is 4.03. The Bertz CT molecular complexity index is 1170. The molecule has 1 N–H and O–H groups in total. The Hall–Kier alpha value is -3.48. The van der Waals surface area contributed by atoms with E-state index in [2.05, 4.69) is 10.4 Å². The van der Waals surface area contributed by atoms with Crippen LogP contribution in [0.2, 0.25) is 0 Å². The van der Waals surface area contributed by atoms with Crippen molar-refractivity contribution >= 4 is 17.5 Å². The number of amides is 2. The fraction of sp³-hybridized carbons (Fsp3) is 0.261. The maximum Gasteiger partial charge on any atom is 0.257 e. The minimum Gasteiger partial charge on any atom is -0.330 e. The van der Waals surface area contributed by atoms with E-state index < -0.39 is 11.5 Å². The number of aromatic nitrogens is 2. The molecule has 152 valence electrons. The molecule has 1 fully saturated rings. The second-order valence-electron chi connectivity index (χ2n) is 7.94. The van der Waals surface area contributed by atoms with Crippen molar-refractivity contribution in [3.05, 3.63) is 82.9 Å². The number of anilines is 1. The van der Waals surface area contributed by atoms with Crippen LogP contribution in [-0.2, 0) is 17.3 Å². The number of fused-ring (bicyclic) bond motifs is 2. The maximum absolute atomic E-state index is 13.7. The van der Waals surface area contributed by atoms with Crippen molar-refractivity contribution in [1.82, 2.24) is 14.7 Å². The summed E-state index contributed by atoms with van der Waals surface area (Å²) in [7, 11) is 1.79. The zero-order valence-electron chi connectivity index (χ0n) is 16.7. The van der Waals surface area contributed by atoms with Crippen molar-refractivity contribution in [2.75, 3.05) is 11.9 Å². The van der Waals surface area contributed by atoms with Crippen molar-refractivity contribution in [2.24, 2.45) is 7.05 Å². The number of hydrogen-bond acceptors (Lipinski definition) is 3. The lowest BCUT2D eigenvalue weighted by Gasteiger charge is -2.34. The smallest absolute Gasteiger partial charge is 0.257 e. The topological polar surface area (TPSA) is 67.2 Å². The highest BCUT2D eigenvalue weighted by molar-refractivity contribution is 6.08. The average molecular weight is 404 g/mol. The third-order valence-corrected chi connectivity index (χ3v) is 6.50. The maximum atomic E-state index is 13.7. The SMILES string of the molecule is Cc1c(C(=O)N2CC[C@]3(C(=O)Nc4ccccc43)[C@@H]2c2ccc(F)cc2)cnn1C. The van der Waals surface area contributed by atoms with E-state index in [1.54, 1.807) is 35.0 Å². The number of nitrogens with one attached hydrogen (secondary N) is 1. The van der Waals surface area contributed by atoms with Crippen molar-refractivity contribution in [3.63, 3.8) is 0 Å². The molecule has 0 bridgehead atoms. The Morgan fingerprint density at radius 3 is 2.63 bits per heavy atom. The van der Waals surface area contributed by atoms with Gasteiger partial charge in [-0.05, 0) is 42.7 Å². The lowest BCUT2D eigenvalue weighted by molar-refractivity contribution is -0.121. The Labute approximate surface area is 173 Å². The van der Waals surface area contributed by atoms with Crippen molar-refractivity contribution in [2.45, 2.75) is 24.8 Å². The largest absolute Gasteiger partial charge is 0.330 e. The van der Waals surface area contributed by atoms with Crippen LogP contribution >= 0.6 is 0 Å². The minimum absolute atomic E-state index is 0.128. The number of halogens is 1. The standard InChI is InChI=1S/C23H21FN4O2/c1-14-17(13-25-27(14)2)21(29)28-12-11-23(20(28)15-7-9-16(24)10-8-15)18-5-3-4-6-19(18)26-22(23)30/h3-10,13,20H,11-12H2,1-2H3,(H,26,30)/t20-,23+/m0/s1. The molecule has 30 heavy (non-hydrogen) atoms. The van der Waals surface area contributed by atoms with E-state index in [9.17, 15) is 14.0 Å². The highest BCUT2D eigenvalue weighted by Gasteiger charge is 2.59. The number of rotatable bonds is 2. The van der Waals surface area contributed by atoms with Crippen LogP contribution in [0.5, 0.6) is 0 Å². The van der Waals surface area contributed by atoms with Gasteiger partial charge in [0.1, 0.15) is 11.2 Å². The summed E-state index contributed by atoms with van der Waals surface area (Å²) in [6.45, 7) is 2.26. The lowest BCUT2D eigenvalue weighted by atomic mass is 9.72. The first-order chi connectivity index (χ1) is 14.4. The molecule has 7 heteroatoms. The number of carbonyl (C=O) groups excluding carboxylic acids is 2. The zero-order chi connectivity index (χ0) is 21.0. The van der Waals surface area contributed by atoms with Gasteiger partial charge in [0, 0.05) is 25.0 Å². The number of aryl methyl sites for hydroxylation is 1. The Morgan fingerprint density at radius 1 is 1.20 bits per heavy atom. The molecular formula is C23H21FN4O2. The fourth-order valence-electron chi connectivity index (χ4n) is 4.88. The third kappa shape index (κ3) is 2.44. The van der Waals surface area contributed by atoms with Crippen LogP contribution in [-0.4, -0.2) is 33.0 Å². The first-order valence-electron chi connectivity index (χ1n) is 9.89. The molecule has 0 unspecified atom stereocenters. The van der Waals surface area contributed by atoms with Crippen LogP contribution in [0.3, 0.4) is 0 Å². The average Bonchev–Trinajstić information content (AvgIpc) is 3.39. The molecule has 2 aliphatic rings. The molecule has 2 atom stereocenters. The predicted octanol–water partition coefficient (Wildman–Crippen LogP) is 3.34. The summed E-state index contributed by atoms with van der Waals surface area (Å²) in [5.41, 5.74) is 2.73. The van der Waals surface area contributed by atoms with E-state index in [4.69, 9.17) is 0 Å². The second-order valence-corrected chi connectivity index (χ2v) is 7.94. The number of benzene rings is 2. The molecule has 0 radical (unpaired) electrons. The zero-order valence-corrected chi connectivity index (χ0v) is 16.7. The first kappa shape index (κ1) is 18.5. The van der Waals surface area contributed by atoms with E-state index in [-0.39, 0.29) is 17.6 Å². The Morgan fingerprint density at radius 2 is 1.93 bits per heavy atom. The van der Waals surface area contributed by atoms with Gasteiger partial charge >= 0.3 is 0 Å². The van der Waals surface area contributed by atoms with Gasteiger partial charge in [-0.25, -0.2) is 4.39 Å². The first-order valence-corrected chi connectivity index (χ1v) is 9.89. The van der Waals surface area contributed by atoms with E-state index >= 15 is 0 Å². The fourth-order valence-corrected chi connectivity index (χ4v) is 4.88. The van der Waals surface area contributed by atoms with Crippen LogP contribution in [0.4, 0.5) is 10.1 Å². The van der Waals surface area contributed by atoms with Gasteiger partial charge in [-0.3, -0.25) is 14.3 Å². The summed E-state index contributed by atoms with van der Waals surface area (Å²) in [5, 5.41) is 7.19. The van der Waals surface area contributed by atoms with Crippen molar-refractivity contribution in [1.29, 1.82) is 0 Å². The van der Waals surface area contributed by atoms with Gasteiger partial charge in [-0.2, -0.15) is 5.10 Å². The quantitative estimate of drug-likeness (QED) is 0.712.